The van der Waals surface area contributed by atoms with E-state index in [2.05, 4.69) is 13.8 Å². The van der Waals surface area contributed by atoms with E-state index < -0.39 is 0 Å². The summed E-state index contributed by atoms with van der Waals surface area (Å²) in [5.74, 6) is 1.01. The van der Waals surface area contributed by atoms with Crippen molar-refractivity contribution in [1.82, 2.24) is 0 Å². The molecule has 0 aliphatic carbocycles. The van der Waals surface area contributed by atoms with E-state index in [9.17, 15) is 4.79 Å². The quantitative estimate of drug-likeness (QED) is 0.712. The largest absolute Gasteiger partial charge is 0.496 e. The van der Waals surface area contributed by atoms with Gasteiger partial charge in [-0.2, -0.15) is 0 Å². The van der Waals surface area contributed by atoms with E-state index in [1.54, 1.807) is 13.2 Å². The van der Waals surface area contributed by atoms with Gasteiger partial charge < -0.3 is 9.47 Å². The Morgan fingerprint density at radius 1 is 1.35 bits per heavy atom. The minimum Gasteiger partial charge on any atom is -0.496 e. The van der Waals surface area contributed by atoms with Crippen LogP contribution in [0.25, 0.3) is 0 Å². The first-order chi connectivity index (χ1) is 8.04. The van der Waals surface area contributed by atoms with Crippen LogP contribution in [0.15, 0.2) is 18.2 Å². The summed E-state index contributed by atoms with van der Waals surface area (Å²) >= 11 is 0. The molecule has 1 rings (SSSR count). The summed E-state index contributed by atoms with van der Waals surface area (Å²) in [6.45, 7) is 6.78. The Kier molecular flexibility index (Phi) is 5.16. The predicted molar refractivity (Wildman–Crippen MR) is 67.7 cm³/mol. The van der Waals surface area contributed by atoms with Gasteiger partial charge in [-0.3, -0.25) is 4.79 Å². The van der Waals surface area contributed by atoms with Gasteiger partial charge in [-0.1, -0.05) is 19.9 Å². The van der Waals surface area contributed by atoms with Crippen molar-refractivity contribution >= 4 is 5.78 Å². The van der Waals surface area contributed by atoms with Gasteiger partial charge in [0.1, 0.15) is 12.4 Å². The summed E-state index contributed by atoms with van der Waals surface area (Å²) in [7, 11) is 1.57. The monoisotopic (exact) mass is 236 g/mol. The lowest BCUT2D eigenvalue weighted by Crippen LogP contribution is -2.13. The van der Waals surface area contributed by atoms with E-state index in [4.69, 9.17) is 9.47 Å². The lowest BCUT2D eigenvalue weighted by molar-refractivity contribution is 0.0703. The molecule has 0 fully saturated rings. The van der Waals surface area contributed by atoms with Crippen LogP contribution in [0, 0.1) is 12.8 Å². The SMILES string of the molecule is COc1cc(C)ccc1C(=O)COCC(C)C. The molecule has 0 aromatic heterocycles. The van der Waals surface area contributed by atoms with Gasteiger partial charge in [0.05, 0.1) is 12.7 Å². The standard InChI is InChI=1S/C14H20O3/c1-10(2)8-17-9-13(15)12-6-5-11(3)7-14(12)16-4/h5-7,10H,8-9H2,1-4H3. The summed E-state index contributed by atoms with van der Waals surface area (Å²) in [6.07, 6.45) is 0. The van der Waals surface area contributed by atoms with Crippen molar-refractivity contribution in [2.24, 2.45) is 5.92 Å². The summed E-state index contributed by atoms with van der Waals surface area (Å²) in [5, 5.41) is 0. The van der Waals surface area contributed by atoms with Crippen LogP contribution in [0.1, 0.15) is 29.8 Å². The molecule has 1 aromatic rings. The smallest absolute Gasteiger partial charge is 0.192 e. The van der Waals surface area contributed by atoms with E-state index in [1.165, 1.54) is 0 Å². The minimum absolute atomic E-state index is 0.0394. The van der Waals surface area contributed by atoms with Crippen LogP contribution in [0.5, 0.6) is 5.75 Å². The fourth-order valence-electron chi connectivity index (χ4n) is 1.49. The van der Waals surface area contributed by atoms with Gasteiger partial charge in [-0.05, 0) is 30.5 Å². The highest BCUT2D eigenvalue weighted by atomic mass is 16.5. The van der Waals surface area contributed by atoms with Crippen LogP contribution >= 0.6 is 0 Å². The number of ketones is 1. The predicted octanol–water partition coefficient (Wildman–Crippen LogP) is 2.86. The molecule has 3 nitrogen and oxygen atoms in total. The fourth-order valence-corrected chi connectivity index (χ4v) is 1.49. The second kappa shape index (κ2) is 6.40. The first-order valence-electron chi connectivity index (χ1n) is 5.80. The minimum atomic E-state index is -0.0394. The zero-order chi connectivity index (χ0) is 12.8. The molecule has 0 radical (unpaired) electrons. The lowest BCUT2D eigenvalue weighted by atomic mass is 10.1. The molecule has 0 N–H and O–H groups in total. The number of benzene rings is 1. The van der Waals surface area contributed by atoms with Gasteiger partial charge in [0.15, 0.2) is 5.78 Å². The molecule has 1 aromatic carbocycles. The zero-order valence-corrected chi connectivity index (χ0v) is 10.9. The summed E-state index contributed by atoms with van der Waals surface area (Å²) in [6, 6.07) is 5.54. The molecule has 0 amide bonds. The third-order valence-electron chi connectivity index (χ3n) is 2.34. The maximum absolute atomic E-state index is 11.9. The number of aryl methyl sites for hydroxylation is 1. The van der Waals surface area contributed by atoms with Gasteiger partial charge in [-0.25, -0.2) is 0 Å². The third-order valence-corrected chi connectivity index (χ3v) is 2.34. The summed E-state index contributed by atoms with van der Waals surface area (Å²) in [5.41, 5.74) is 1.66. The Balaban J connectivity index is 2.68. The van der Waals surface area contributed by atoms with Gasteiger partial charge in [0.2, 0.25) is 0 Å². The molecule has 0 atom stereocenters. The first kappa shape index (κ1) is 13.7. The molecule has 17 heavy (non-hydrogen) atoms. The maximum atomic E-state index is 11.9. The van der Waals surface area contributed by atoms with E-state index in [-0.39, 0.29) is 12.4 Å². The summed E-state index contributed by atoms with van der Waals surface area (Å²) in [4.78, 5) is 11.9. The van der Waals surface area contributed by atoms with E-state index in [0.29, 0.717) is 23.8 Å². The van der Waals surface area contributed by atoms with Gasteiger partial charge in [0, 0.05) is 6.61 Å². The summed E-state index contributed by atoms with van der Waals surface area (Å²) < 4.78 is 10.5. The first-order valence-corrected chi connectivity index (χ1v) is 5.80. The molecule has 0 saturated carbocycles. The highest BCUT2D eigenvalue weighted by molar-refractivity contribution is 5.99. The average Bonchev–Trinajstić information content (AvgIpc) is 2.28. The van der Waals surface area contributed by atoms with Crippen molar-refractivity contribution in [3.05, 3.63) is 29.3 Å². The third kappa shape index (κ3) is 4.19. The number of carbonyl (C=O) groups is 1. The van der Waals surface area contributed by atoms with Crippen LogP contribution < -0.4 is 4.74 Å². The van der Waals surface area contributed by atoms with Crippen LogP contribution in [0.4, 0.5) is 0 Å². The molecule has 0 spiro atoms. The molecular formula is C14H20O3. The highest BCUT2D eigenvalue weighted by Gasteiger charge is 2.12. The molecule has 0 bridgehead atoms. The van der Waals surface area contributed by atoms with Crippen LogP contribution in [0.3, 0.4) is 0 Å². The Morgan fingerprint density at radius 3 is 2.65 bits per heavy atom. The van der Waals surface area contributed by atoms with Crippen molar-refractivity contribution in [1.29, 1.82) is 0 Å². The van der Waals surface area contributed by atoms with E-state index in [0.717, 1.165) is 5.56 Å². The number of Topliss-reactive ketones (excluding diaryl/α,β-unsaturated/α-hetero) is 1. The number of rotatable bonds is 6. The Bertz CT molecular complexity index is 383. The average molecular weight is 236 g/mol. The van der Waals surface area contributed by atoms with Crippen molar-refractivity contribution in [3.63, 3.8) is 0 Å². The normalized spacial score (nSPS) is 10.6. The Labute approximate surface area is 103 Å². The van der Waals surface area contributed by atoms with Gasteiger partial charge >= 0.3 is 0 Å². The van der Waals surface area contributed by atoms with Crippen molar-refractivity contribution in [2.75, 3.05) is 20.3 Å². The highest BCUT2D eigenvalue weighted by Crippen LogP contribution is 2.20. The molecule has 0 aliphatic heterocycles. The number of methoxy groups -OCH3 is 1. The van der Waals surface area contributed by atoms with Crippen LogP contribution in [-0.2, 0) is 4.74 Å². The zero-order valence-electron chi connectivity index (χ0n) is 10.9. The number of ether oxygens (including phenoxy) is 2. The second-order valence-electron chi connectivity index (χ2n) is 4.54. The molecule has 0 saturated heterocycles. The van der Waals surface area contributed by atoms with Gasteiger partial charge in [0.25, 0.3) is 0 Å². The molecule has 94 valence electrons. The lowest BCUT2D eigenvalue weighted by Gasteiger charge is -2.10. The van der Waals surface area contributed by atoms with E-state index in [1.807, 2.05) is 19.1 Å². The number of carbonyl (C=O) groups excluding carboxylic acids is 1. The molecule has 0 unspecified atom stereocenters. The van der Waals surface area contributed by atoms with Crippen molar-refractivity contribution in [2.45, 2.75) is 20.8 Å². The molecular weight excluding hydrogens is 216 g/mol. The van der Waals surface area contributed by atoms with Crippen molar-refractivity contribution < 1.29 is 14.3 Å². The fraction of sp³-hybridized carbons (Fsp3) is 0.500. The number of hydrogen-bond donors (Lipinski definition) is 0. The second-order valence-corrected chi connectivity index (χ2v) is 4.54. The molecule has 0 heterocycles. The molecule has 3 heteroatoms. The number of hydrogen-bond acceptors (Lipinski definition) is 3. The van der Waals surface area contributed by atoms with E-state index >= 15 is 0 Å². The van der Waals surface area contributed by atoms with Crippen molar-refractivity contribution in [3.8, 4) is 5.75 Å². The van der Waals surface area contributed by atoms with Crippen LogP contribution in [0.2, 0.25) is 0 Å². The van der Waals surface area contributed by atoms with Gasteiger partial charge in [-0.15, -0.1) is 0 Å². The Hall–Kier alpha value is -1.35. The Morgan fingerprint density at radius 2 is 2.06 bits per heavy atom. The maximum Gasteiger partial charge on any atom is 0.192 e. The van der Waals surface area contributed by atoms with Crippen LogP contribution in [-0.4, -0.2) is 26.1 Å². The topological polar surface area (TPSA) is 35.5 Å². The molecule has 0 aliphatic rings.